The van der Waals surface area contributed by atoms with Crippen molar-refractivity contribution in [2.24, 2.45) is 10.9 Å². The van der Waals surface area contributed by atoms with Gasteiger partial charge < -0.3 is 24.1 Å². The minimum Gasteiger partial charge on any atom is -0.465 e. The summed E-state index contributed by atoms with van der Waals surface area (Å²) in [6.07, 6.45) is 2.60. The number of furan rings is 1. The Morgan fingerprint density at radius 3 is 2.88 bits per heavy atom. The van der Waals surface area contributed by atoms with Crippen molar-refractivity contribution in [3.05, 3.63) is 23.2 Å². The smallest absolute Gasteiger partial charge is 0.341 e. The van der Waals surface area contributed by atoms with E-state index in [1.165, 1.54) is 20.0 Å². The van der Waals surface area contributed by atoms with Crippen LogP contribution in [-0.2, 0) is 16.0 Å². The highest BCUT2D eigenvalue weighted by Crippen LogP contribution is 2.28. The van der Waals surface area contributed by atoms with Gasteiger partial charge in [-0.05, 0) is 31.7 Å². The number of nitrogens with zero attached hydrogens (tertiary/aromatic N) is 2. The second-order valence-corrected chi connectivity index (χ2v) is 6.01. The summed E-state index contributed by atoms with van der Waals surface area (Å²) in [5, 5.41) is 3.22. The number of nitrogens with one attached hydrogen (secondary N) is 1. The normalized spacial score (nSPS) is 14.6. The number of hydrogen-bond donors (Lipinski definition) is 1. The third-order valence-electron chi connectivity index (χ3n) is 3.99. The Labute approximate surface area is 143 Å². The molecule has 0 aromatic carbocycles. The van der Waals surface area contributed by atoms with Crippen LogP contribution in [0.5, 0.6) is 0 Å². The second kappa shape index (κ2) is 8.73. The van der Waals surface area contributed by atoms with Crippen LogP contribution in [0.4, 0.5) is 0 Å². The van der Waals surface area contributed by atoms with Crippen molar-refractivity contribution in [3.63, 3.8) is 0 Å². The van der Waals surface area contributed by atoms with Gasteiger partial charge >= 0.3 is 5.97 Å². The molecule has 1 saturated carbocycles. The minimum absolute atomic E-state index is 0.392. The van der Waals surface area contributed by atoms with E-state index < -0.39 is 5.97 Å². The Bertz CT molecular complexity index is 578. The summed E-state index contributed by atoms with van der Waals surface area (Å²) in [6.45, 7) is 4.49. The van der Waals surface area contributed by atoms with Gasteiger partial charge in [-0.2, -0.15) is 0 Å². The number of likely N-dealkylation sites (N-methyl/N-ethyl adjacent to an activating group) is 1. The highest BCUT2D eigenvalue weighted by molar-refractivity contribution is 5.90. The fourth-order valence-corrected chi connectivity index (χ4v) is 2.34. The van der Waals surface area contributed by atoms with Gasteiger partial charge in [0.15, 0.2) is 5.96 Å². The maximum absolute atomic E-state index is 11.6. The quantitative estimate of drug-likeness (QED) is 0.337. The molecule has 24 heavy (non-hydrogen) atoms. The Balaban J connectivity index is 1.78. The minimum atomic E-state index is -0.392. The maximum Gasteiger partial charge on any atom is 0.341 e. The highest BCUT2D eigenvalue weighted by Gasteiger charge is 2.21. The molecule has 0 aliphatic heterocycles. The topological polar surface area (TPSA) is 76.3 Å². The van der Waals surface area contributed by atoms with Gasteiger partial charge in [0.25, 0.3) is 0 Å². The zero-order valence-corrected chi connectivity index (χ0v) is 14.9. The van der Waals surface area contributed by atoms with Crippen LogP contribution in [0.1, 0.15) is 34.7 Å². The standard InChI is InChI=1S/C17H27N3O4/c1-12-15(16(21)22-4)9-14(24-12)10-19-17(18-2)20(3)7-8-23-11-13-5-6-13/h9,13H,5-8,10-11H2,1-4H3,(H,18,19). The molecule has 1 fully saturated rings. The van der Waals surface area contributed by atoms with E-state index in [4.69, 9.17) is 13.9 Å². The predicted molar refractivity (Wildman–Crippen MR) is 91.2 cm³/mol. The van der Waals surface area contributed by atoms with Crippen LogP contribution >= 0.6 is 0 Å². The molecule has 1 heterocycles. The molecule has 1 aliphatic carbocycles. The van der Waals surface area contributed by atoms with E-state index >= 15 is 0 Å². The van der Waals surface area contributed by atoms with Gasteiger partial charge in [-0.25, -0.2) is 4.79 Å². The number of carbonyl (C=O) groups is 1. The zero-order valence-electron chi connectivity index (χ0n) is 14.9. The lowest BCUT2D eigenvalue weighted by Gasteiger charge is -2.21. The number of ether oxygens (including phenoxy) is 2. The van der Waals surface area contributed by atoms with E-state index in [9.17, 15) is 4.79 Å². The molecular weight excluding hydrogens is 310 g/mol. The Morgan fingerprint density at radius 2 is 2.25 bits per heavy atom. The van der Waals surface area contributed by atoms with E-state index in [1.807, 2.05) is 11.9 Å². The fourth-order valence-electron chi connectivity index (χ4n) is 2.34. The molecule has 1 aromatic heterocycles. The van der Waals surface area contributed by atoms with E-state index in [2.05, 4.69) is 10.3 Å². The second-order valence-electron chi connectivity index (χ2n) is 6.01. The SMILES string of the molecule is CN=C(NCc1cc(C(=O)OC)c(C)o1)N(C)CCOCC1CC1. The third kappa shape index (κ3) is 5.26. The van der Waals surface area contributed by atoms with Crippen LogP contribution in [0.2, 0.25) is 0 Å². The maximum atomic E-state index is 11.6. The van der Waals surface area contributed by atoms with E-state index in [-0.39, 0.29) is 0 Å². The molecule has 0 spiro atoms. The number of guanidine groups is 1. The van der Waals surface area contributed by atoms with Crippen LogP contribution in [-0.4, -0.2) is 57.8 Å². The largest absolute Gasteiger partial charge is 0.465 e. The van der Waals surface area contributed by atoms with Crippen molar-refractivity contribution in [2.75, 3.05) is 41.0 Å². The Morgan fingerprint density at radius 1 is 1.50 bits per heavy atom. The van der Waals surface area contributed by atoms with Crippen LogP contribution in [0.3, 0.4) is 0 Å². The van der Waals surface area contributed by atoms with E-state index in [0.29, 0.717) is 30.2 Å². The molecule has 1 aromatic rings. The molecule has 0 unspecified atom stereocenters. The molecule has 0 amide bonds. The molecule has 2 rings (SSSR count). The summed E-state index contributed by atoms with van der Waals surface area (Å²) in [5.41, 5.74) is 0.450. The molecule has 1 aliphatic rings. The van der Waals surface area contributed by atoms with Crippen LogP contribution in [0.15, 0.2) is 15.5 Å². The summed E-state index contributed by atoms with van der Waals surface area (Å²) in [7, 11) is 5.05. The average molecular weight is 337 g/mol. The van der Waals surface area contributed by atoms with Crippen LogP contribution in [0.25, 0.3) is 0 Å². The van der Waals surface area contributed by atoms with Gasteiger partial charge in [0.1, 0.15) is 17.1 Å². The summed E-state index contributed by atoms with van der Waals surface area (Å²) >= 11 is 0. The zero-order chi connectivity index (χ0) is 17.5. The van der Waals surface area contributed by atoms with Gasteiger partial charge in [0.05, 0.1) is 20.3 Å². The fraction of sp³-hybridized carbons (Fsp3) is 0.647. The number of aryl methyl sites for hydroxylation is 1. The van der Waals surface area contributed by atoms with Crippen molar-refractivity contribution in [2.45, 2.75) is 26.3 Å². The Kier molecular flexibility index (Phi) is 6.66. The summed E-state index contributed by atoms with van der Waals surface area (Å²) in [4.78, 5) is 17.9. The molecule has 7 nitrogen and oxygen atoms in total. The number of methoxy groups -OCH3 is 1. The highest BCUT2D eigenvalue weighted by atomic mass is 16.5. The monoisotopic (exact) mass is 337 g/mol. The molecule has 0 radical (unpaired) electrons. The van der Waals surface area contributed by atoms with Gasteiger partial charge in [-0.3, -0.25) is 4.99 Å². The predicted octanol–water partition coefficient (Wildman–Crippen LogP) is 1.81. The number of esters is 1. The van der Waals surface area contributed by atoms with E-state index in [0.717, 1.165) is 25.0 Å². The van der Waals surface area contributed by atoms with Crippen LogP contribution < -0.4 is 5.32 Å². The lowest BCUT2D eigenvalue weighted by molar-refractivity contribution is 0.0599. The van der Waals surface area contributed by atoms with E-state index in [1.54, 1.807) is 20.0 Å². The molecule has 1 N–H and O–H groups in total. The molecule has 0 bridgehead atoms. The first-order chi connectivity index (χ1) is 11.5. The van der Waals surface area contributed by atoms with Gasteiger partial charge in [-0.1, -0.05) is 0 Å². The summed E-state index contributed by atoms with van der Waals surface area (Å²) in [5.74, 6) is 2.34. The van der Waals surface area contributed by atoms with Crippen molar-refractivity contribution in [3.8, 4) is 0 Å². The summed E-state index contributed by atoms with van der Waals surface area (Å²) in [6, 6.07) is 1.69. The van der Waals surface area contributed by atoms with Gasteiger partial charge in [-0.15, -0.1) is 0 Å². The van der Waals surface area contributed by atoms with Crippen molar-refractivity contribution in [1.29, 1.82) is 0 Å². The number of carbonyl (C=O) groups excluding carboxylic acids is 1. The van der Waals surface area contributed by atoms with Gasteiger partial charge in [0, 0.05) is 27.2 Å². The molecule has 0 atom stereocenters. The summed E-state index contributed by atoms with van der Waals surface area (Å²) < 4.78 is 16.0. The molecular formula is C17H27N3O4. The lowest BCUT2D eigenvalue weighted by Crippen LogP contribution is -2.40. The first kappa shape index (κ1) is 18.3. The number of rotatable bonds is 8. The molecule has 0 saturated heterocycles. The first-order valence-corrected chi connectivity index (χ1v) is 8.22. The molecule has 134 valence electrons. The van der Waals surface area contributed by atoms with Gasteiger partial charge in [0.2, 0.25) is 0 Å². The van der Waals surface area contributed by atoms with Crippen LogP contribution in [0, 0.1) is 12.8 Å². The van der Waals surface area contributed by atoms with Crippen molar-refractivity contribution in [1.82, 2.24) is 10.2 Å². The van der Waals surface area contributed by atoms with Crippen molar-refractivity contribution < 1.29 is 18.7 Å². The third-order valence-corrected chi connectivity index (χ3v) is 3.99. The number of hydrogen-bond acceptors (Lipinski definition) is 5. The average Bonchev–Trinajstić information content (AvgIpc) is 3.33. The number of aliphatic imine (C=N–C) groups is 1. The van der Waals surface area contributed by atoms with Crippen molar-refractivity contribution >= 4 is 11.9 Å². The molecule has 7 heteroatoms. The lowest BCUT2D eigenvalue weighted by atomic mass is 10.2. The first-order valence-electron chi connectivity index (χ1n) is 8.22. The Hall–Kier alpha value is -2.02.